The van der Waals surface area contributed by atoms with E-state index < -0.39 is 5.91 Å². The van der Waals surface area contributed by atoms with Crippen LogP contribution in [0.5, 0.6) is 0 Å². The second-order valence-electron chi connectivity index (χ2n) is 7.42. The first-order valence-electron chi connectivity index (χ1n) is 10.4. The summed E-state index contributed by atoms with van der Waals surface area (Å²) < 4.78 is 6.61. The maximum Gasteiger partial charge on any atom is 0.281 e. The van der Waals surface area contributed by atoms with E-state index in [9.17, 15) is 4.79 Å². The number of pyridine rings is 1. The Kier molecular flexibility index (Phi) is 7.98. The molecular formula is C22H28N8O2. The highest BCUT2D eigenvalue weighted by molar-refractivity contribution is 6.04. The van der Waals surface area contributed by atoms with Crippen molar-refractivity contribution in [2.45, 2.75) is 38.6 Å². The Morgan fingerprint density at radius 2 is 1.88 bits per heavy atom. The molecule has 0 saturated heterocycles. The zero-order valence-electron chi connectivity index (χ0n) is 18.3. The number of anilines is 1. The van der Waals surface area contributed by atoms with Crippen LogP contribution in [-0.2, 0) is 11.3 Å². The summed E-state index contributed by atoms with van der Waals surface area (Å²) in [5.41, 5.74) is 14.2. The molecule has 0 aromatic carbocycles. The number of methoxy groups -OCH3 is 1. The van der Waals surface area contributed by atoms with E-state index in [1.54, 1.807) is 36.6 Å². The van der Waals surface area contributed by atoms with Gasteiger partial charge in [-0.05, 0) is 11.6 Å². The molecule has 1 fully saturated rings. The molecular weight excluding hydrogens is 408 g/mol. The van der Waals surface area contributed by atoms with E-state index in [2.05, 4.69) is 25.0 Å². The third-order valence-electron chi connectivity index (χ3n) is 4.69. The van der Waals surface area contributed by atoms with Crippen LogP contribution >= 0.6 is 0 Å². The average molecular weight is 437 g/mol. The summed E-state index contributed by atoms with van der Waals surface area (Å²) in [5, 5.41) is 4.11. The molecule has 1 saturated carbocycles. The van der Waals surface area contributed by atoms with Crippen LogP contribution in [0.1, 0.15) is 48.0 Å². The van der Waals surface area contributed by atoms with E-state index in [0.717, 1.165) is 11.1 Å². The molecule has 4 rings (SSSR count). The number of nitrogens with two attached hydrogens (primary N) is 2. The van der Waals surface area contributed by atoms with Gasteiger partial charge >= 0.3 is 0 Å². The molecule has 4 N–H and O–H groups in total. The largest absolute Gasteiger partial charge is 0.387 e. The predicted molar refractivity (Wildman–Crippen MR) is 122 cm³/mol. The highest BCUT2D eigenvalue weighted by Gasteiger charge is 2.15. The molecule has 0 spiro atoms. The highest BCUT2D eigenvalue weighted by Crippen LogP contribution is 2.20. The normalized spacial score (nSPS) is 13.8. The number of hydrogen-bond acceptors (Lipinski definition) is 7. The van der Waals surface area contributed by atoms with Crippen molar-refractivity contribution < 1.29 is 9.53 Å². The zero-order chi connectivity index (χ0) is 22.9. The Labute approximate surface area is 186 Å². The van der Waals surface area contributed by atoms with Crippen molar-refractivity contribution in [2.24, 2.45) is 10.7 Å². The van der Waals surface area contributed by atoms with E-state index in [1.807, 2.05) is 19.1 Å². The van der Waals surface area contributed by atoms with Gasteiger partial charge in [0.25, 0.3) is 5.91 Å². The average Bonchev–Trinajstić information content (AvgIpc) is 3.62. The van der Waals surface area contributed by atoms with Gasteiger partial charge in [-0.1, -0.05) is 32.3 Å². The lowest BCUT2D eigenvalue weighted by atomic mass is 10.0. The third kappa shape index (κ3) is 6.67. The van der Waals surface area contributed by atoms with Gasteiger partial charge < -0.3 is 16.2 Å². The van der Waals surface area contributed by atoms with E-state index >= 15 is 0 Å². The molecule has 1 aliphatic rings. The molecule has 10 heteroatoms. The topological polar surface area (TPSA) is 147 Å². The van der Waals surface area contributed by atoms with E-state index in [-0.39, 0.29) is 17.7 Å². The number of amides is 1. The number of carbonyl (C=O) groups is 1. The van der Waals surface area contributed by atoms with E-state index in [0.29, 0.717) is 24.4 Å². The van der Waals surface area contributed by atoms with Gasteiger partial charge in [-0.25, -0.2) is 9.97 Å². The number of aromatic nitrogens is 5. The Morgan fingerprint density at radius 3 is 2.47 bits per heavy atom. The monoisotopic (exact) mass is 436 g/mol. The minimum absolute atomic E-state index is 0.199. The highest BCUT2D eigenvalue weighted by atomic mass is 16.5. The molecule has 168 valence electrons. The number of carbonyl (C=O) groups excluding carboxylic acids is 1. The van der Waals surface area contributed by atoms with Gasteiger partial charge in [-0.15, -0.1) is 0 Å². The minimum atomic E-state index is -0.443. The Bertz CT molecular complexity index is 1040. The van der Waals surface area contributed by atoms with Crippen LogP contribution in [0.4, 0.5) is 5.95 Å². The number of rotatable bonds is 7. The van der Waals surface area contributed by atoms with Gasteiger partial charge in [0.05, 0.1) is 30.6 Å². The fourth-order valence-corrected chi connectivity index (χ4v) is 2.53. The number of aliphatic imine (C=N–C) groups is 1. The van der Waals surface area contributed by atoms with Gasteiger partial charge in [-0.3, -0.25) is 14.5 Å². The lowest BCUT2D eigenvalue weighted by Crippen LogP contribution is -2.21. The molecule has 1 unspecified atom stereocenters. The number of amidine groups is 1. The second kappa shape index (κ2) is 11.1. The van der Waals surface area contributed by atoms with Crippen molar-refractivity contribution in [3.05, 3.63) is 54.2 Å². The van der Waals surface area contributed by atoms with Crippen LogP contribution in [0.15, 0.2) is 48.1 Å². The first-order chi connectivity index (χ1) is 15.5. The lowest BCUT2D eigenvalue weighted by molar-refractivity contribution is 0.100. The molecule has 1 aliphatic carbocycles. The molecule has 0 radical (unpaired) electrons. The summed E-state index contributed by atoms with van der Waals surface area (Å²) in [6, 6.07) is 3.70. The molecule has 0 aliphatic heterocycles. The Morgan fingerprint density at radius 1 is 1.16 bits per heavy atom. The molecule has 0 bridgehead atoms. The number of nitrogen functional groups attached to an aromatic ring is 1. The summed E-state index contributed by atoms with van der Waals surface area (Å²) in [5.74, 6) is -0.324. The Hall–Kier alpha value is -3.66. The van der Waals surface area contributed by atoms with Crippen molar-refractivity contribution in [1.82, 2.24) is 24.7 Å². The molecule has 10 nitrogen and oxygen atoms in total. The van der Waals surface area contributed by atoms with Gasteiger partial charge in [-0.2, -0.15) is 10.1 Å². The first kappa shape index (κ1) is 23.0. The predicted octanol–water partition coefficient (Wildman–Crippen LogP) is 2.44. The summed E-state index contributed by atoms with van der Waals surface area (Å²) in [4.78, 5) is 28.7. The first-order valence-corrected chi connectivity index (χ1v) is 10.4. The van der Waals surface area contributed by atoms with Crippen LogP contribution in [0.3, 0.4) is 0 Å². The van der Waals surface area contributed by atoms with Crippen LogP contribution in [0.2, 0.25) is 0 Å². The van der Waals surface area contributed by atoms with Crippen molar-refractivity contribution in [2.75, 3.05) is 19.5 Å². The molecule has 1 amide bonds. The molecule has 3 heterocycles. The zero-order valence-corrected chi connectivity index (χ0v) is 18.3. The van der Waals surface area contributed by atoms with Gasteiger partial charge in [0.15, 0.2) is 0 Å². The van der Waals surface area contributed by atoms with Crippen molar-refractivity contribution in [1.29, 1.82) is 0 Å². The van der Waals surface area contributed by atoms with Crippen LogP contribution in [-0.4, -0.2) is 50.2 Å². The fourth-order valence-electron chi connectivity index (χ4n) is 2.53. The van der Waals surface area contributed by atoms with Crippen molar-refractivity contribution in [3.63, 3.8) is 0 Å². The summed E-state index contributed by atoms with van der Waals surface area (Å²) in [6.45, 7) is 2.91. The van der Waals surface area contributed by atoms with E-state index in [1.165, 1.54) is 25.5 Å². The molecule has 32 heavy (non-hydrogen) atoms. The SMILES string of the molecule is C1CC1.COCCn1cc(C(=O)N=C(N)C(C)c2ccc(-c3cnc(N)nc3)nc2)cn1. The van der Waals surface area contributed by atoms with Crippen LogP contribution in [0, 0.1) is 0 Å². The maximum absolute atomic E-state index is 12.4. The number of nitrogens with zero attached hydrogens (tertiary/aromatic N) is 6. The lowest BCUT2D eigenvalue weighted by Gasteiger charge is -2.11. The van der Waals surface area contributed by atoms with Gasteiger partial charge in [0.2, 0.25) is 5.95 Å². The maximum atomic E-state index is 12.4. The van der Waals surface area contributed by atoms with Crippen LogP contribution < -0.4 is 11.5 Å². The van der Waals surface area contributed by atoms with Gasteiger partial charge in [0, 0.05) is 43.4 Å². The third-order valence-corrected chi connectivity index (χ3v) is 4.69. The molecule has 1 atom stereocenters. The minimum Gasteiger partial charge on any atom is -0.387 e. The second-order valence-corrected chi connectivity index (χ2v) is 7.42. The quantitative estimate of drug-likeness (QED) is 0.424. The van der Waals surface area contributed by atoms with Crippen LogP contribution in [0.25, 0.3) is 11.3 Å². The summed E-state index contributed by atoms with van der Waals surface area (Å²) in [6.07, 6.45) is 12.5. The number of ether oxygens (including phenoxy) is 1. The molecule has 3 aromatic heterocycles. The van der Waals surface area contributed by atoms with Crippen molar-refractivity contribution in [3.8, 4) is 11.3 Å². The smallest absolute Gasteiger partial charge is 0.281 e. The standard InChI is InChI=1S/C19H22N8O2.C3H6/c1-12(13-3-4-16(22-7-13)14-8-23-19(21)24-9-14)17(20)26-18(28)15-10-25-27(11-15)5-6-29-2;1-2-3-1/h3-4,7-12H,5-6H2,1-2H3,(H2,20,26,28)(H2,21,23,24);1-3H2. The Balaban J connectivity index is 0.000000887. The summed E-state index contributed by atoms with van der Waals surface area (Å²) >= 11 is 0. The molecule has 3 aromatic rings. The summed E-state index contributed by atoms with van der Waals surface area (Å²) in [7, 11) is 1.60. The van der Waals surface area contributed by atoms with Gasteiger partial charge in [0.1, 0.15) is 5.84 Å². The van der Waals surface area contributed by atoms with E-state index in [4.69, 9.17) is 16.2 Å². The van der Waals surface area contributed by atoms with Crippen molar-refractivity contribution >= 4 is 17.7 Å². The number of hydrogen-bond donors (Lipinski definition) is 2. The fraction of sp³-hybridized carbons (Fsp3) is 0.364.